The number of hydrogen-bond donors (Lipinski definition) is 2. The third-order valence-corrected chi connectivity index (χ3v) is 3.66. The molecular weight excluding hydrogens is 314 g/mol. The van der Waals surface area contributed by atoms with E-state index in [4.69, 9.17) is 0 Å². The molecule has 2 aromatic carbocycles. The van der Waals surface area contributed by atoms with Gasteiger partial charge in [0.05, 0.1) is 0 Å². The molecule has 1 amide bonds. The van der Waals surface area contributed by atoms with Gasteiger partial charge in [0.15, 0.2) is 0 Å². The van der Waals surface area contributed by atoms with Crippen molar-refractivity contribution in [3.05, 3.63) is 71.9 Å². The van der Waals surface area contributed by atoms with Crippen molar-refractivity contribution in [1.82, 2.24) is 4.90 Å². The highest BCUT2D eigenvalue weighted by Crippen LogP contribution is 2.17. The maximum Gasteiger partial charge on any atom is 0.266 e. The second-order valence-electron chi connectivity index (χ2n) is 5.88. The molecule has 0 spiro atoms. The number of benzene rings is 2. The molecular formula is C20H21N3O2. The number of nitrogens with zero attached hydrogens (tertiary/aromatic N) is 2. The molecule has 0 saturated carbocycles. The normalized spacial score (nSPS) is 11.0. The molecule has 0 aromatic heterocycles. The summed E-state index contributed by atoms with van der Waals surface area (Å²) in [6.07, 6.45) is 1.37. The van der Waals surface area contributed by atoms with Gasteiger partial charge in [-0.3, -0.25) is 4.79 Å². The van der Waals surface area contributed by atoms with Crippen LogP contribution in [0.4, 0.5) is 5.69 Å². The first kappa shape index (κ1) is 18.1. The van der Waals surface area contributed by atoms with E-state index >= 15 is 0 Å². The number of phenols is 1. The predicted octanol–water partition coefficient (Wildman–Crippen LogP) is 3.65. The summed E-state index contributed by atoms with van der Waals surface area (Å²) in [6.45, 7) is 4.26. The van der Waals surface area contributed by atoms with E-state index in [1.807, 2.05) is 50.2 Å². The minimum atomic E-state index is -0.339. The van der Waals surface area contributed by atoms with Crippen LogP contribution in [0.15, 0.2) is 66.4 Å². The molecule has 25 heavy (non-hydrogen) atoms. The van der Waals surface area contributed by atoms with E-state index in [1.54, 1.807) is 23.1 Å². The van der Waals surface area contributed by atoms with E-state index in [0.29, 0.717) is 12.2 Å². The lowest BCUT2D eigenvalue weighted by Crippen LogP contribution is -2.37. The molecule has 0 atom stereocenters. The molecule has 0 heterocycles. The molecule has 0 fully saturated rings. The number of nitrogens with one attached hydrogen (secondary N) is 1. The smallest absolute Gasteiger partial charge is 0.266 e. The van der Waals surface area contributed by atoms with Crippen molar-refractivity contribution in [1.29, 1.82) is 5.26 Å². The van der Waals surface area contributed by atoms with Gasteiger partial charge in [-0.1, -0.05) is 36.4 Å². The molecule has 128 valence electrons. The zero-order valence-corrected chi connectivity index (χ0v) is 14.3. The van der Waals surface area contributed by atoms with Crippen LogP contribution in [0.1, 0.15) is 19.4 Å². The van der Waals surface area contributed by atoms with Crippen LogP contribution in [0.3, 0.4) is 0 Å². The number of anilines is 1. The average molecular weight is 335 g/mol. The molecule has 2 aromatic rings. The summed E-state index contributed by atoms with van der Waals surface area (Å²) in [5, 5.41) is 21.7. The van der Waals surface area contributed by atoms with E-state index in [2.05, 4.69) is 5.32 Å². The number of aromatic hydroxyl groups is 1. The van der Waals surface area contributed by atoms with Crippen LogP contribution >= 0.6 is 0 Å². The summed E-state index contributed by atoms with van der Waals surface area (Å²) in [7, 11) is 0. The van der Waals surface area contributed by atoms with E-state index < -0.39 is 0 Å². The molecule has 5 heteroatoms. The van der Waals surface area contributed by atoms with E-state index in [1.165, 1.54) is 12.3 Å². The fourth-order valence-electron chi connectivity index (χ4n) is 2.32. The highest BCUT2D eigenvalue weighted by atomic mass is 16.3. The zero-order chi connectivity index (χ0) is 18.2. The van der Waals surface area contributed by atoms with Crippen molar-refractivity contribution < 1.29 is 9.90 Å². The Bertz CT molecular complexity index is 792. The van der Waals surface area contributed by atoms with Gasteiger partial charge in [-0.05, 0) is 31.5 Å². The van der Waals surface area contributed by atoms with Crippen LogP contribution in [-0.2, 0) is 11.3 Å². The molecule has 0 aliphatic heterocycles. The molecule has 0 aliphatic rings. The Morgan fingerprint density at radius 2 is 1.96 bits per heavy atom. The summed E-state index contributed by atoms with van der Waals surface area (Å²) in [5.74, 6) is -0.231. The van der Waals surface area contributed by atoms with Crippen molar-refractivity contribution in [2.24, 2.45) is 0 Å². The Hall–Kier alpha value is -3.26. The second-order valence-corrected chi connectivity index (χ2v) is 5.88. The second kappa shape index (κ2) is 8.55. The number of carbonyl (C=O) groups is 1. The van der Waals surface area contributed by atoms with Gasteiger partial charge >= 0.3 is 0 Å². The molecule has 2 rings (SSSR count). The Morgan fingerprint density at radius 3 is 2.56 bits per heavy atom. The fraction of sp³-hybridized carbons (Fsp3) is 0.200. The number of hydrogen-bond acceptors (Lipinski definition) is 4. The van der Waals surface area contributed by atoms with Crippen molar-refractivity contribution in [2.75, 3.05) is 5.32 Å². The largest absolute Gasteiger partial charge is 0.508 e. The highest BCUT2D eigenvalue weighted by molar-refractivity contribution is 5.97. The molecule has 5 nitrogen and oxygen atoms in total. The maximum absolute atomic E-state index is 12.8. The van der Waals surface area contributed by atoms with Gasteiger partial charge in [-0.15, -0.1) is 0 Å². The fourth-order valence-corrected chi connectivity index (χ4v) is 2.32. The first-order valence-electron chi connectivity index (χ1n) is 8.02. The van der Waals surface area contributed by atoms with Crippen LogP contribution in [0.5, 0.6) is 5.75 Å². The zero-order valence-electron chi connectivity index (χ0n) is 14.3. The van der Waals surface area contributed by atoms with Crippen LogP contribution in [-0.4, -0.2) is 22.0 Å². The standard InChI is InChI=1S/C20H21N3O2/c1-15(2)23(14-16-7-4-3-5-8-16)20(25)17(12-21)13-22-18-9-6-10-19(24)11-18/h3-11,13,15,22,24H,14H2,1-2H3/b17-13-. The van der Waals surface area contributed by atoms with Gasteiger partial charge in [0, 0.05) is 30.5 Å². The Morgan fingerprint density at radius 1 is 1.24 bits per heavy atom. The SMILES string of the molecule is CC(C)N(Cc1ccccc1)C(=O)/C(C#N)=C\Nc1cccc(O)c1. The van der Waals surface area contributed by atoms with Gasteiger partial charge in [0.2, 0.25) is 0 Å². The molecule has 0 saturated heterocycles. The van der Waals surface area contributed by atoms with E-state index in [-0.39, 0.29) is 23.3 Å². The van der Waals surface area contributed by atoms with Crippen LogP contribution in [0, 0.1) is 11.3 Å². The Labute approximate surface area is 147 Å². The molecule has 0 unspecified atom stereocenters. The Balaban J connectivity index is 2.17. The van der Waals surface area contributed by atoms with Crippen LogP contribution < -0.4 is 5.32 Å². The van der Waals surface area contributed by atoms with Gasteiger partial charge in [0.1, 0.15) is 17.4 Å². The first-order chi connectivity index (χ1) is 12.0. The lowest BCUT2D eigenvalue weighted by atomic mass is 10.1. The third kappa shape index (κ3) is 5.11. The van der Waals surface area contributed by atoms with E-state index in [9.17, 15) is 15.2 Å². The third-order valence-electron chi connectivity index (χ3n) is 3.66. The van der Waals surface area contributed by atoms with Crippen molar-refractivity contribution in [3.63, 3.8) is 0 Å². The topological polar surface area (TPSA) is 76.4 Å². The number of rotatable bonds is 6. The summed E-state index contributed by atoms with van der Waals surface area (Å²) >= 11 is 0. The molecule has 0 aliphatic carbocycles. The monoisotopic (exact) mass is 335 g/mol. The predicted molar refractivity (Wildman–Crippen MR) is 97.6 cm³/mol. The number of carbonyl (C=O) groups excluding carboxylic acids is 1. The van der Waals surface area contributed by atoms with Crippen molar-refractivity contribution in [3.8, 4) is 11.8 Å². The minimum absolute atomic E-state index is 0.00738. The van der Waals surface area contributed by atoms with E-state index in [0.717, 1.165) is 5.56 Å². The lowest BCUT2D eigenvalue weighted by Gasteiger charge is -2.26. The quantitative estimate of drug-likeness (QED) is 0.624. The summed E-state index contributed by atoms with van der Waals surface area (Å²) in [5.41, 5.74) is 1.61. The Kier molecular flexibility index (Phi) is 6.19. The molecule has 0 radical (unpaired) electrons. The maximum atomic E-state index is 12.8. The van der Waals surface area contributed by atoms with Gasteiger partial charge in [-0.2, -0.15) is 5.26 Å². The number of nitriles is 1. The van der Waals surface area contributed by atoms with Crippen LogP contribution in [0.25, 0.3) is 0 Å². The van der Waals surface area contributed by atoms with Crippen molar-refractivity contribution >= 4 is 11.6 Å². The summed E-state index contributed by atoms with van der Waals surface area (Å²) < 4.78 is 0. The first-order valence-corrected chi connectivity index (χ1v) is 8.02. The summed E-state index contributed by atoms with van der Waals surface area (Å²) in [4.78, 5) is 14.4. The molecule has 2 N–H and O–H groups in total. The number of phenolic OH excluding ortho intramolecular Hbond substituents is 1. The van der Waals surface area contributed by atoms with Crippen molar-refractivity contribution in [2.45, 2.75) is 26.4 Å². The highest BCUT2D eigenvalue weighted by Gasteiger charge is 2.21. The lowest BCUT2D eigenvalue weighted by molar-refractivity contribution is -0.129. The molecule has 0 bridgehead atoms. The summed E-state index contributed by atoms with van der Waals surface area (Å²) in [6, 6.07) is 18.0. The minimum Gasteiger partial charge on any atom is -0.508 e. The van der Waals surface area contributed by atoms with Gasteiger partial charge in [-0.25, -0.2) is 0 Å². The number of amides is 1. The average Bonchev–Trinajstić information content (AvgIpc) is 2.60. The van der Waals surface area contributed by atoms with Crippen LogP contribution in [0.2, 0.25) is 0 Å². The van der Waals surface area contributed by atoms with Gasteiger partial charge in [0.25, 0.3) is 5.91 Å². The van der Waals surface area contributed by atoms with Gasteiger partial charge < -0.3 is 15.3 Å².